The zero-order valence-corrected chi connectivity index (χ0v) is 19.2. The molecule has 0 N–H and O–H groups in total. The van der Waals surface area contributed by atoms with Crippen molar-refractivity contribution in [2.24, 2.45) is 0 Å². The molecule has 0 radical (unpaired) electrons. The van der Waals surface area contributed by atoms with Crippen LogP contribution < -0.4 is 4.90 Å². The van der Waals surface area contributed by atoms with Gasteiger partial charge in [-0.1, -0.05) is 0 Å². The quantitative estimate of drug-likeness (QED) is 0.598. The minimum absolute atomic E-state index is 0.0512. The number of hydrogen-bond donors (Lipinski definition) is 0. The van der Waals surface area contributed by atoms with Crippen LogP contribution in [-0.2, 0) is 9.84 Å². The van der Waals surface area contributed by atoms with Gasteiger partial charge in [-0.15, -0.1) is 11.3 Å². The van der Waals surface area contributed by atoms with E-state index in [1.165, 1.54) is 0 Å². The Balaban J connectivity index is 1.30. The Kier molecular flexibility index (Phi) is 5.01. The van der Waals surface area contributed by atoms with Crippen molar-refractivity contribution in [2.45, 2.75) is 26.3 Å². The van der Waals surface area contributed by atoms with E-state index in [-0.39, 0.29) is 23.5 Å². The van der Waals surface area contributed by atoms with Crippen LogP contribution in [0.5, 0.6) is 0 Å². The summed E-state index contributed by atoms with van der Waals surface area (Å²) in [4.78, 5) is 21.4. The Morgan fingerprint density at radius 2 is 1.94 bits per heavy atom. The summed E-state index contributed by atoms with van der Waals surface area (Å²) in [5, 5.41) is 4.68. The number of carbonyl (C=O) groups excluding carboxylic acids is 1. The lowest BCUT2D eigenvalue weighted by atomic mass is 10.1. The van der Waals surface area contributed by atoms with Crippen molar-refractivity contribution in [3.63, 3.8) is 0 Å². The molecule has 8 nitrogen and oxygen atoms in total. The number of rotatable bonds is 3. The third-order valence-electron chi connectivity index (χ3n) is 6.30. The number of thiazole rings is 1. The van der Waals surface area contributed by atoms with Gasteiger partial charge in [0, 0.05) is 31.7 Å². The summed E-state index contributed by atoms with van der Waals surface area (Å²) in [7, 11) is -2.96. The highest BCUT2D eigenvalue weighted by Crippen LogP contribution is 2.32. The lowest BCUT2D eigenvalue weighted by molar-refractivity contribution is 0.0747. The lowest BCUT2D eigenvalue weighted by Gasteiger charge is -2.36. The molecule has 2 fully saturated rings. The lowest BCUT2D eigenvalue weighted by Crippen LogP contribution is -2.49. The average molecular weight is 460 g/mol. The number of carbonyl (C=O) groups is 1. The molecule has 4 heterocycles. The number of benzene rings is 1. The molecule has 2 aliphatic rings. The number of aromatic nitrogens is 3. The third-order valence-corrected chi connectivity index (χ3v) is 8.84. The van der Waals surface area contributed by atoms with E-state index < -0.39 is 9.84 Å². The normalized spacial score (nSPS) is 21.2. The van der Waals surface area contributed by atoms with E-state index >= 15 is 0 Å². The van der Waals surface area contributed by atoms with Crippen LogP contribution in [0.1, 0.15) is 34.2 Å². The van der Waals surface area contributed by atoms with E-state index in [1.54, 1.807) is 16.8 Å². The predicted octanol–water partition coefficient (Wildman–Crippen LogP) is 2.43. The fourth-order valence-electron chi connectivity index (χ4n) is 4.74. The van der Waals surface area contributed by atoms with Crippen molar-refractivity contribution in [2.75, 3.05) is 42.6 Å². The smallest absolute Gasteiger partial charge is 0.254 e. The molecule has 2 saturated heterocycles. The Morgan fingerprint density at radius 1 is 1.16 bits per heavy atom. The summed E-state index contributed by atoms with van der Waals surface area (Å²) in [5.74, 6) is 0.454. The maximum Gasteiger partial charge on any atom is 0.254 e. The molecule has 3 aromatic rings. The number of fused-ring (bicyclic) bond motifs is 1. The van der Waals surface area contributed by atoms with Crippen molar-refractivity contribution in [1.29, 1.82) is 0 Å². The molecule has 10 heteroatoms. The van der Waals surface area contributed by atoms with Gasteiger partial charge in [0.25, 0.3) is 5.91 Å². The van der Waals surface area contributed by atoms with Gasteiger partial charge in [-0.05, 0) is 38.5 Å². The van der Waals surface area contributed by atoms with Gasteiger partial charge in [0.15, 0.2) is 9.84 Å². The average Bonchev–Trinajstić information content (AvgIpc) is 3.44. The molecule has 2 aromatic heterocycles. The molecule has 1 atom stereocenters. The maximum absolute atomic E-state index is 13.0. The van der Waals surface area contributed by atoms with Gasteiger partial charge >= 0.3 is 0 Å². The molecule has 2 aliphatic heterocycles. The van der Waals surface area contributed by atoms with E-state index in [0.717, 1.165) is 40.4 Å². The van der Waals surface area contributed by atoms with Crippen LogP contribution in [0.25, 0.3) is 10.2 Å². The van der Waals surface area contributed by atoms with Crippen LogP contribution in [0.15, 0.2) is 23.7 Å². The minimum Gasteiger partial charge on any atom is -0.365 e. The molecular formula is C21H25N5O3S2. The Labute approximate surface area is 185 Å². The number of anilines is 1. The zero-order valence-electron chi connectivity index (χ0n) is 17.6. The van der Waals surface area contributed by atoms with Gasteiger partial charge in [-0.25, -0.2) is 13.4 Å². The van der Waals surface area contributed by atoms with Gasteiger partial charge in [0.1, 0.15) is 0 Å². The zero-order chi connectivity index (χ0) is 21.8. The monoisotopic (exact) mass is 459 g/mol. The second-order valence-corrected chi connectivity index (χ2v) is 11.5. The first-order valence-electron chi connectivity index (χ1n) is 10.5. The largest absolute Gasteiger partial charge is 0.365 e. The SMILES string of the molecule is Cc1nn(C2CCS(=O)(=O)C2)c(C)c1N1CCN(C(=O)c2ccc3ncsc3c2)CC1. The van der Waals surface area contributed by atoms with Crippen LogP contribution >= 0.6 is 11.3 Å². The molecule has 0 spiro atoms. The Bertz CT molecular complexity index is 1260. The van der Waals surface area contributed by atoms with Crippen molar-refractivity contribution >= 4 is 43.0 Å². The molecule has 5 rings (SSSR count). The number of hydrogen-bond acceptors (Lipinski definition) is 7. The molecule has 164 valence electrons. The van der Waals surface area contributed by atoms with E-state index in [2.05, 4.69) is 15.0 Å². The van der Waals surface area contributed by atoms with Crippen LogP contribution in [0.2, 0.25) is 0 Å². The fraction of sp³-hybridized carbons (Fsp3) is 0.476. The van der Waals surface area contributed by atoms with Crippen LogP contribution in [-0.4, -0.2) is 71.7 Å². The van der Waals surface area contributed by atoms with Crippen molar-refractivity contribution in [1.82, 2.24) is 19.7 Å². The van der Waals surface area contributed by atoms with Crippen LogP contribution in [0.3, 0.4) is 0 Å². The van der Waals surface area contributed by atoms with Crippen molar-refractivity contribution in [3.05, 3.63) is 40.7 Å². The maximum atomic E-state index is 13.0. The van der Waals surface area contributed by atoms with Crippen LogP contribution in [0, 0.1) is 13.8 Å². The number of amides is 1. The highest BCUT2D eigenvalue weighted by atomic mass is 32.2. The summed E-state index contributed by atoms with van der Waals surface area (Å²) >= 11 is 1.54. The predicted molar refractivity (Wildman–Crippen MR) is 122 cm³/mol. The topological polar surface area (TPSA) is 88.4 Å². The van der Waals surface area contributed by atoms with E-state index in [4.69, 9.17) is 0 Å². The molecule has 1 amide bonds. The highest BCUT2D eigenvalue weighted by molar-refractivity contribution is 7.91. The number of piperazine rings is 1. The van der Waals surface area contributed by atoms with E-state index in [1.807, 2.05) is 41.6 Å². The standard InChI is InChI=1S/C21H25N5O3S2/c1-14-20(15(2)26(23-14)17-5-10-31(28,29)12-17)24-6-8-25(9-7-24)21(27)16-3-4-18-19(11-16)30-13-22-18/h3-4,11,13,17H,5-10,12H2,1-2H3. The highest BCUT2D eigenvalue weighted by Gasteiger charge is 2.33. The third kappa shape index (κ3) is 3.71. The fourth-order valence-corrected chi connectivity index (χ4v) is 7.15. The van der Waals surface area contributed by atoms with Crippen molar-refractivity contribution < 1.29 is 13.2 Å². The second-order valence-electron chi connectivity index (χ2n) is 8.33. The molecule has 1 unspecified atom stereocenters. The molecule has 0 bridgehead atoms. The summed E-state index contributed by atoms with van der Waals surface area (Å²) in [6.45, 7) is 6.73. The summed E-state index contributed by atoms with van der Waals surface area (Å²) in [6.07, 6.45) is 0.621. The first-order chi connectivity index (χ1) is 14.8. The number of nitrogens with zero attached hydrogens (tertiary/aromatic N) is 5. The number of aryl methyl sites for hydroxylation is 1. The summed E-state index contributed by atoms with van der Waals surface area (Å²) in [6, 6.07) is 5.60. The van der Waals surface area contributed by atoms with Crippen molar-refractivity contribution in [3.8, 4) is 0 Å². The Hall–Kier alpha value is -2.46. The summed E-state index contributed by atoms with van der Waals surface area (Å²) < 4.78 is 26.7. The van der Waals surface area contributed by atoms with Gasteiger partial charge in [-0.2, -0.15) is 5.10 Å². The second kappa shape index (κ2) is 7.59. The molecular weight excluding hydrogens is 434 g/mol. The first-order valence-corrected chi connectivity index (χ1v) is 13.2. The van der Waals surface area contributed by atoms with Crippen LogP contribution in [0.4, 0.5) is 5.69 Å². The van der Waals surface area contributed by atoms with Gasteiger partial charge < -0.3 is 9.80 Å². The summed E-state index contributed by atoms with van der Waals surface area (Å²) in [5.41, 5.74) is 6.41. The van der Waals surface area contributed by atoms with Gasteiger partial charge in [-0.3, -0.25) is 9.48 Å². The number of sulfone groups is 1. The van der Waals surface area contributed by atoms with E-state index in [9.17, 15) is 13.2 Å². The van der Waals surface area contributed by atoms with Gasteiger partial charge in [0.05, 0.1) is 50.3 Å². The molecule has 1 aromatic carbocycles. The molecule has 0 saturated carbocycles. The molecule has 31 heavy (non-hydrogen) atoms. The Morgan fingerprint density at radius 3 is 2.65 bits per heavy atom. The van der Waals surface area contributed by atoms with Gasteiger partial charge in [0.2, 0.25) is 0 Å². The molecule has 0 aliphatic carbocycles. The van der Waals surface area contributed by atoms with E-state index in [0.29, 0.717) is 25.1 Å². The first kappa shape index (κ1) is 20.4. The minimum atomic E-state index is -2.96.